The third kappa shape index (κ3) is 9.90. The Morgan fingerprint density at radius 1 is 0.931 bits per heavy atom. The van der Waals surface area contributed by atoms with Gasteiger partial charge in [0.2, 0.25) is 0 Å². The molecule has 0 aromatic heterocycles. The summed E-state index contributed by atoms with van der Waals surface area (Å²) < 4.78 is 29.8. The molecule has 0 spiro atoms. The first kappa shape index (κ1) is 24.8. The van der Waals surface area contributed by atoms with E-state index in [1.54, 1.807) is 0 Å². The van der Waals surface area contributed by atoms with E-state index in [1.807, 2.05) is 24.3 Å². The zero-order valence-electron chi connectivity index (χ0n) is 18.0. The molecule has 0 aliphatic carbocycles. The first-order valence-corrected chi connectivity index (χ1v) is 14.4. The topological polar surface area (TPSA) is 46.6 Å². The van der Waals surface area contributed by atoms with E-state index in [0.717, 1.165) is 17.9 Å². The van der Waals surface area contributed by atoms with Crippen molar-refractivity contribution in [2.24, 2.45) is 0 Å². The van der Waals surface area contributed by atoms with Crippen molar-refractivity contribution in [3.8, 4) is 5.75 Å². The zero-order chi connectivity index (χ0) is 21.0. The average Bonchev–Trinajstić information content (AvgIpc) is 2.70. The van der Waals surface area contributed by atoms with Crippen molar-refractivity contribution in [1.82, 2.24) is 0 Å². The molecule has 1 heterocycles. The van der Waals surface area contributed by atoms with Crippen LogP contribution in [0, 0.1) is 0 Å². The van der Waals surface area contributed by atoms with E-state index in [4.69, 9.17) is 4.74 Å². The van der Waals surface area contributed by atoms with E-state index in [2.05, 4.69) is 34.4 Å². The lowest BCUT2D eigenvalue weighted by Crippen LogP contribution is -2.40. The Hall–Kier alpha value is -0.500. The third-order valence-electron chi connectivity index (χ3n) is 5.59. The van der Waals surface area contributed by atoms with Crippen molar-refractivity contribution in [2.45, 2.75) is 81.7 Å². The highest BCUT2D eigenvalue weighted by Crippen LogP contribution is 2.31. The Bertz CT molecular complexity index is 666. The van der Waals surface area contributed by atoms with E-state index < -0.39 is 9.84 Å². The second-order valence-corrected chi connectivity index (χ2v) is 11.8. The maximum absolute atomic E-state index is 11.7. The molecule has 2 rings (SSSR count). The number of para-hydroxylation sites is 2. The molecule has 1 aromatic carbocycles. The van der Waals surface area contributed by atoms with Gasteiger partial charge in [-0.25, -0.2) is 8.42 Å². The van der Waals surface area contributed by atoms with E-state index in [0.29, 0.717) is 13.1 Å². The van der Waals surface area contributed by atoms with E-state index in [-0.39, 0.29) is 15.6 Å². The standard InChI is InChI=1S/C23H38INO3S/c1-2-3-4-5-6-7-8-9-10-11-16-23(24)28-22-15-13-12-14-21(22)25-17-19-29(26,27)20-18-25/h12-15,23H,2-11,16-20H2,1H3. The van der Waals surface area contributed by atoms with Crippen molar-refractivity contribution >= 4 is 38.1 Å². The Morgan fingerprint density at radius 2 is 1.48 bits per heavy atom. The Labute approximate surface area is 191 Å². The van der Waals surface area contributed by atoms with Gasteiger partial charge < -0.3 is 9.64 Å². The Morgan fingerprint density at radius 3 is 2.10 bits per heavy atom. The first-order valence-electron chi connectivity index (χ1n) is 11.4. The summed E-state index contributed by atoms with van der Waals surface area (Å²) in [5.41, 5.74) is 1.02. The molecule has 1 aliphatic heterocycles. The van der Waals surface area contributed by atoms with Gasteiger partial charge in [0.15, 0.2) is 9.84 Å². The first-order chi connectivity index (χ1) is 14.0. The molecular weight excluding hydrogens is 497 g/mol. The van der Waals surface area contributed by atoms with Crippen LogP contribution < -0.4 is 9.64 Å². The number of hydrogen-bond donors (Lipinski definition) is 0. The van der Waals surface area contributed by atoms with Gasteiger partial charge in [-0.3, -0.25) is 0 Å². The number of rotatable bonds is 14. The maximum atomic E-state index is 11.7. The average molecular weight is 536 g/mol. The van der Waals surface area contributed by atoms with Gasteiger partial charge >= 0.3 is 0 Å². The molecule has 0 radical (unpaired) electrons. The second kappa shape index (κ2) is 13.7. The summed E-state index contributed by atoms with van der Waals surface area (Å²) >= 11 is 2.39. The minimum atomic E-state index is -2.87. The second-order valence-electron chi connectivity index (χ2n) is 8.11. The molecule has 166 valence electrons. The third-order valence-corrected chi connectivity index (χ3v) is 8.08. The number of hydrogen-bond acceptors (Lipinski definition) is 4. The largest absolute Gasteiger partial charge is 0.478 e. The summed E-state index contributed by atoms with van der Waals surface area (Å²) in [6.45, 7) is 3.36. The van der Waals surface area contributed by atoms with Gasteiger partial charge in [-0.1, -0.05) is 76.8 Å². The summed E-state index contributed by atoms with van der Waals surface area (Å²) in [5, 5.41) is 0. The van der Waals surface area contributed by atoms with E-state index in [1.165, 1.54) is 64.2 Å². The SMILES string of the molecule is CCCCCCCCCCCCC(I)Oc1ccccc1N1CCS(=O)(=O)CC1. The van der Waals surface area contributed by atoms with Crippen LogP contribution >= 0.6 is 22.6 Å². The number of alkyl halides is 1. The van der Waals surface area contributed by atoms with Gasteiger partial charge in [-0.2, -0.15) is 0 Å². The van der Waals surface area contributed by atoms with Gasteiger partial charge in [-0.15, -0.1) is 0 Å². The molecule has 1 unspecified atom stereocenters. The van der Waals surface area contributed by atoms with Crippen LogP contribution in [0.5, 0.6) is 5.75 Å². The quantitative estimate of drug-likeness (QED) is 0.158. The number of nitrogens with zero attached hydrogens (tertiary/aromatic N) is 1. The van der Waals surface area contributed by atoms with Crippen LogP contribution in [0.4, 0.5) is 5.69 Å². The van der Waals surface area contributed by atoms with Gasteiger partial charge in [0.05, 0.1) is 17.2 Å². The molecule has 6 heteroatoms. The summed E-state index contributed by atoms with van der Waals surface area (Å²) in [5.74, 6) is 1.33. The predicted molar refractivity (Wildman–Crippen MR) is 132 cm³/mol. The van der Waals surface area contributed by atoms with Crippen molar-refractivity contribution < 1.29 is 13.2 Å². The number of halogens is 1. The number of benzene rings is 1. The normalized spacial score (nSPS) is 17.2. The van der Waals surface area contributed by atoms with Crippen LogP contribution in [-0.4, -0.2) is 37.1 Å². The summed E-state index contributed by atoms with van der Waals surface area (Å²) in [4.78, 5) is 2.14. The summed E-state index contributed by atoms with van der Waals surface area (Å²) in [6.07, 6.45) is 14.5. The molecule has 1 aliphatic rings. The van der Waals surface area contributed by atoms with Crippen LogP contribution in [0.15, 0.2) is 24.3 Å². The lowest BCUT2D eigenvalue weighted by Gasteiger charge is -2.30. The molecule has 4 nitrogen and oxygen atoms in total. The van der Waals surface area contributed by atoms with Crippen molar-refractivity contribution in [1.29, 1.82) is 0 Å². The van der Waals surface area contributed by atoms with E-state index >= 15 is 0 Å². The van der Waals surface area contributed by atoms with Crippen LogP contribution in [0.1, 0.15) is 77.6 Å². The van der Waals surface area contributed by atoms with Crippen LogP contribution in [0.25, 0.3) is 0 Å². The smallest absolute Gasteiger partial charge is 0.153 e. The fourth-order valence-corrected chi connectivity index (χ4v) is 5.68. The number of unbranched alkanes of at least 4 members (excludes halogenated alkanes) is 9. The number of ether oxygens (including phenoxy) is 1. The molecule has 1 atom stereocenters. The zero-order valence-corrected chi connectivity index (χ0v) is 20.9. The summed E-state index contributed by atoms with van der Waals surface area (Å²) in [7, 11) is -2.87. The van der Waals surface area contributed by atoms with Crippen LogP contribution in [-0.2, 0) is 9.84 Å². The highest BCUT2D eigenvalue weighted by atomic mass is 127. The fraction of sp³-hybridized carbons (Fsp3) is 0.739. The fourth-order valence-electron chi connectivity index (χ4n) is 3.76. The molecule has 0 bridgehead atoms. The predicted octanol–water partition coefficient (Wildman–Crippen LogP) is 6.37. The van der Waals surface area contributed by atoms with Gasteiger partial charge in [0, 0.05) is 13.1 Å². The summed E-state index contributed by atoms with van der Waals surface area (Å²) in [6, 6.07) is 8.03. The molecule has 1 aromatic rings. The van der Waals surface area contributed by atoms with Gasteiger partial charge in [0.25, 0.3) is 0 Å². The van der Waals surface area contributed by atoms with Gasteiger partial charge in [-0.05, 0) is 47.6 Å². The molecular formula is C23H38INO3S. The Balaban J connectivity index is 1.65. The number of sulfone groups is 1. The van der Waals surface area contributed by atoms with Gasteiger partial charge in [0.1, 0.15) is 9.86 Å². The molecule has 0 saturated carbocycles. The van der Waals surface area contributed by atoms with Crippen LogP contribution in [0.2, 0.25) is 0 Å². The van der Waals surface area contributed by atoms with Crippen molar-refractivity contribution in [2.75, 3.05) is 29.5 Å². The Kier molecular flexibility index (Phi) is 11.7. The molecule has 0 N–H and O–H groups in total. The maximum Gasteiger partial charge on any atom is 0.153 e. The molecule has 1 saturated heterocycles. The number of anilines is 1. The lowest BCUT2D eigenvalue weighted by molar-refractivity contribution is 0.286. The molecule has 0 amide bonds. The van der Waals surface area contributed by atoms with E-state index in [9.17, 15) is 8.42 Å². The highest BCUT2D eigenvalue weighted by molar-refractivity contribution is 14.1. The minimum absolute atomic E-state index is 0.149. The molecule has 1 fully saturated rings. The van der Waals surface area contributed by atoms with Crippen molar-refractivity contribution in [3.63, 3.8) is 0 Å². The monoisotopic (exact) mass is 535 g/mol. The van der Waals surface area contributed by atoms with Crippen LogP contribution in [0.3, 0.4) is 0 Å². The lowest BCUT2D eigenvalue weighted by atomic mass is 10.1. The molecule has 29 heavy (non-hydrogen) atoms. The highest BCUT2D eigenvalue weighted by Gasteiger charge is 2.24. The van der Waals surface area contributed by atoms with Crippen molar-refractivity contribution in [3.05, 3.63) is 24.3 Å². The minimum Gasteiger partial charge on any atom is -0.478 e.